The number of carbonyl (C=O) groups excluding carboxylic acids is 1. The van der Waals surface area contributed by atoms with Crippen LogP contribution in [0.2, 0.25) is 0 Å². The molecule has 1 aromatic rings. The van der Waals surface area contributed by atoms with Gasteiger partial charge in [0.1, 0.15) is 10.2 Å². The standard InChI is InChI=1S/C18H27BrN4O2/c1-10-14-9-22(5-6-23(14)21-16(10)19)11-7-12-13(8-11)15(12)20-17(24)25-18(2,3)4/h11-13,15H,5-9H2,1-4H3,(H,20,24). The number of nitrogens with one attached hydrogen (secondary N) is 1. The van der Waals surface area contributed by atoms with E-state index in [1.54, 1.807) is 0 Å². The van der Waals surface area contributed by atoms with Crippen LogP contribution in [0.25, 0.3) is 0 Å². The van der Waals surface area contributed by atoms with E-state index in [9.17, 15) is 4.79 Å². The summed E-state index contributed by atoms with van der Waals surface area (Å²) in [5.41, 5.74) is 2.17. The lowest BCUT2D eigenvalue weighted by atomic mass is 10.1. The first-order valence-electron chi connectivity index (χ1n) is 9.18. The Labute approximate surface area is 157 Å². The van der Waals surface area contributed by atoms with Gasteiger partial charge in [-0.3, -0.25) is 9.58 Å². The normalized spacial score (nSPS) is 31.4. The molecule has 2 atom stereocenters. The number of ether oxygens (including phenoxy) is 1. The molecule has 0 bridgehead atoms. The van der Waals surface area contributed by atoms with Gasteiger partial charge in [-0.05, 0) is 68.3 Å². The molecular weight excluding hydrogens is 384 g/mol. The maximum absolute atomic E-state index is 11.9. The minimum Gasteiger partial charge on any atom is -0.444 e. The number of aromatic nitrogens is 2. The number of halogens is 1. The summed E-state index contributed by atoms with van der Waals surface area (Å²) in [6.07, 6.45) is 2.09. The van der Waals surface area contributed by atoms with Crippen LogP contribution >= 0.6 is 15.9 Å². The Morgan fingerprint density at radius 2 is 1.96 bits per heavy atom. The van der Waals surface area contributed by atoms with Crippen LogP contribution in [0.15, 0.2) is 4.60 Å². The lowest BCUT2D eigenvalue weighted by Gasteiger charge is -2.34. The molecule has 2 fully saturated rings. The molecule has 1 N–H and O–H groups in total. The molecule has 2 heterocycles. The van der Waals surface area contributed by atoms with Crippen LogP contribution in [-0.4, -0.2) is 45.0 Å². The number of alkyl carbamates (subject to hydrolysis) is 1. The largest absolute Gasteiger partial charge is 0.444 e. The van der Waals surface area contributed by atoms with E-state index in [-0.39, 0.29) is 6.09 Å². The Balaban J connectivity index is 1.30. The van der Waals surface area contributed by atoms with Gasteiger partial charge in [0.25, 0.3) is 0 Å². The third-order valence-corrected chi connectivity index (χ3v) is 6.59. The topological polar surface area (TPSA) is 59.4 Å². The number of fused-ring (bicyclic) bond motifs is 2. The maximum atomic E-state index is 11.9. The molecule has 2 saturated carbocycles. The molecule has 4 rings (SSSR count). The molecular formula is C18H27BrN4O2. The van der Waals surface area contributed by atoms with Crippen LogP contribution in [0, 0.1) is 18.8 Å². The molecule has 7 heteroatoms. The molecule has 1 aromatic heterocycles. The average Bonchev–Trinajstić information content (AvgIpc) is 2.87. The smallest absolute Gasteiger partial charge is 0.407 e. The summed E-state index contributed by atoms with van der Waals surface area (Å²) in [5, 5.41) is 7.62. The van der Waals surface area contributed by atoms with Crippen LogP contribution in [0.3, 0.4) is 0 Å². The van der Waals surface area contributed by atoms with Gasteiger partial charge >= 0.3 is 6.09 Å². The number of rotatable bonds is 2. The van der Waals surface area contributed by atoms with Crippen molar-refractivity contribution in [3.05, 3.63) is 15.9 Å². The fourth-order valence-electron chi connectivity index (χ4n) is 4.51. The summed E-state index contributed by atoms with van der Waals surface area (Å²) in [5.74, 6) is 1.24. The Hall–Kier alpha value is -1.08. The monoisotopic (exact) mass is 410 g/mol. The molecule has 0 spiro atoms. The second kappa shape index (κ2) is 5.98. The van der Waals surface area contributed by atoms with Crippen molar-refractivity contribution in [3.63, 3.8) is 0 Å². The number of hydrogen-bond donors (Lipinski definition) is 1. The maximum Gasteiger partial charge on any atom is 0.407 e. The lowest BCUT2D eigenvalue weighted by Crippen LogP contribution is -2.42. The zero-order chi connectivity index (χ0) is 17.9. The van der Waals surface area contributed by atoms with Gasteiger partial charge in [-0.2, -0.15) is 5.10 Å². The first-order valence-corrected chi connectivity index (χ1v) is 9.97. The van der Waals surface area contributed by atoms with Crippen molar-refractivity contribution in [3.8, 4) is 0 Å². The number of nitrogens with zero attached hydrogens (tertiary/aromatic N) is 3. The van der Waals surface area contributed by atoms with Gasteiger partial charge in [0.2, 0.25) is 0 Å². The first-order chi connectivity index (χ1) is 11.7. The van der Waals surface area contributed by atoms with Crippen LogP contribution < -0.4 is 5.32 Å². The fourth-order valence-corrected chi connectivity index (χ4v) is 4.93. The summed E-state index contributed by atoms with van der Waals surface area (Å²) in [6.45, 7) is 10.9. The second-order valence-corrected chi connectivity index (χ2v) is 9.43. The molecule has 1 amide bonds. The quantitative estimate of drug-likeness (QED) is 0.813. The molecule has 2 aliphatic carbocycles. The highest BCUT2D eigenvalue weighted by Gasteiger charge is 2.58. The zero-order valence-corrected chi connectivity index (χ0v) is 17.0. The lowest BCUT2D eigenvalue weighted by molar-refractivity contribution is 0.0511. The Morgan fingerprint density at radius 1 is 1.28 bits per heavy atom. The minimum absolute atomic E-state index is 0.272. The summed E-state index contributed by atoms with van der Waals surface area (Å²) >= 11 is 3.55. The van der Waals surface area contributed by atoms with E-state index in [1.165, 1.54) is 24.1 Å². The van der Waals surface area contributed by atoms with E-state index in [0.29, 0.717) is 23.9 Å². The van der Waals surface area contributed by atoms with Crippen molar-refractivity contribution >= 4 is 22.0 Å². The molecule has 0 aromatic carbocycles. The van der Waals surface area contributed by atoms with Crippen molar-refractivity contribution in [2.24, 2.45) is 11.8 Å². The molecule has 2 unspecified atom stereocenters. The number of carbonyl (C=O) groups is 1. The number of amides is 1. The van der Waals surface area contributed by atoms with Gasteiger partial charge < -0.3 is 10.1 Å². The molecule has 6 nitrogen and oxygen atoms in total. The van der Waals surface area contributed by atoms with Crippen molar-refractivity contribution in [2.75, 3.05) is 6.54 Å². The number of hydrogen-bond acceptors (Lipinski definition) is 4. The summed E-state index contributed by atoms with van der Waals surface area (Å²) < 4.78 is 8.49. The highest BCUT2D eigenvalue weighted by molar-refractivity contribution is 9.10. The molecule has 3 aliphatic rings. The van der Waals surface area contributed by atoms with Crippen LogP contribution in [0.1, 0.15) is 44.9 Å². The van der Waals surface area contributed by atoms with E-state index >= 15 is 0 Å². The van der Waals surface area contributed by atoms with Crippen LogP contribution in [0.4, 0.5) is 4.79 Å². The van der Waals surface area contributed by atoms with Gasteiger partial charge in [-0.15, -0.1) is 0 Å². The van der Waals surface area contributed by atoms with Gasteiger partial charge in [0.05, 0.1) is 12.2 Å². The third kappa shape index (κ3) is 3.33. The predicted molar refractivity (Wildman–Crippen MR) is 98.2 cm³/mol. The summed E-state index contributed by atoms with van der Waals surface area (Å²) in [4.78, 5) is 14.5. The van der Waals surface area contributed by atoms with Gasteiger partial charge in [0, 0.05) is 30.7 Å². The van der Waals surface area contributed by atoms with Crippen LogP contribution in [-0.2, 0) is 17.8 Å². The van der Waals surface area contributed by atoms with Crippen molar-refractivity contribution < 1.29 is 9.53 Å². The molecule has 138 valence electrons. The second-order valence-electron chi connectivity index (χ2n) is 8.68. The first kappa shape index (κ1) is 17.3. The third-order valence-electron chi connectivity index (χ3n) is 5.83. The van der Waals surface area contributed by atoms with E-state index in [1.807, 2.05) is 20.8 Å². The highest BCUT2D eigenvalue weighted by Crippen LogP contribution is 2.53. The highest BCUT2D eigenvalue weighted by atomic mass is 79.9. The summed E-state index contributed by atoms with van der Waals surface area (Å²) in [6, 6.07) is 0.950. The molecule has 25 heavy (non-hydrogen) atoms. The predicted octanol–water partition coefficient (Wildman–Crippen LogP) is 3.07. The Morgan fingerprint density at radius 3 is 2.60 bits per heavy atom. The SMILES string of the molecule is Cc1c(Br)nn2c1CN(C1CC3C(C1)C3NC(=O)OC(C)(C)C)CC2. The fraction of sp³-hybridized carbons (Fsp3) is 0.778. The molecule has 0 saturated heterocycles. The minimum atomic E-state index is -0.431. The Kier molecular flexibility index (Phi) is 4.15. The Bertz CT molecular complexity index is 684. The van der Waals surface area contributed by atoms with Gasteiger partial charge in [-0.1, -0.05) is 0 Å². The molecule has 0 radical (unpaired) electrons. The molecule has 1 aliphatic heterocycles. The van der Waals surface area contributed by atoms with Crippen LogP contribution in [0.5, 0.6) is 0 Å². The summed E-state index contributed by atoms with van der Waals surface area (Å²) in [7, 11) is 0. The van der Waals surface area contributed by atoms with Crippen molar-refractivity contribution in [2.45, 2.75) is 71.3 Å². The van der Waals surface area contributed by atoms with Gasteiger partial charge in [0.15, 0.2) is 0 Å². The average molecular weight is 411 g/mol. The van der Waals surface area contributed by atoms with Gasteiger partial charge in [-0.25, -0.2) is 4.79 Å². The van der Waals surface area contributed by atoms with Crippen molar-refractivity contribution in [1.82, 2.24) is 20.0 Å². The van der Waals surface area contributed by atoms with Crippen molar-refractivity contribution in [1.29, 1.82) is 0 Å². The van der Waals surface area contributed by atoms with E-state index in [4.69, 9.17) is 4.74 Å². The van der Waals surface area contributed by atoms with E-state index < -0.39 is 5.60 Å². The van der Waals surface area contributed by atoms with E-state index in [0.717, 1.165) is 24.2 Å². The van der Waals surface area contributed by atoms with E-state index in [2.05, 4.69) is 42.9 Å². The zero-order valence-electron chi connectivity index (χ0n) is 15.4.